The smallest absolute Gasteiger partial charge is 0.337 e. The van der Waals surface area contributed by atoms with Crippen molar-refractivity contribution in [3.63, 3.8) is 0 Å². The standard InChI is InChI=1S/C21H21Cl3N2O5S/c1-31-21(28)13-7-8-18(24)19(10-13)25-20(27)14-4-3-9-26(11-14)32(29,30)12-15-16(22)5-2-6-17(15)23/h2,5-8,10,14H,3-4,9,11-12H2,1H3,(H,25,27). The number of hydrogen-bond acceptors (Lipinski definition) is 5. The molecule has 0 radical (unpaired) electrons. The van der Waals surface area contributed by atoms with Crippen molar-refractivity contribution in [2.45, 2.75) is 18.6 Å². The predicted octanol–water partition coefficient (Wildman–Crippen LogP) is 4.61. The Morgan fingerprint density at radius 2 is 1.81 bits per heavy atom. The van der Waals surface area contributed by atoms with E-state index in [1.54, 1.807) is 18.2 Å². The van der Waals surface area contributed by atoms with Crippen molar-refractivity contribution < 1.29 is 22.7 Å². The monoisotopic (exact) mass is 518 g/mol. The van der Waals surface area contributed by atoms with Gasteiger partial charge in [0.2, 0.25) is 15.9 Å². The number of amides is 1. The molecule has 0 spiro atoms. The van der Waals surface area contributed by atoms with Crippen LogP contribution in [0.2, 0.25) is 15.1 Å². The topological polar surface area (TPSA) is 92.8 Å². The Labute approximate surface area is 201 Å². The molecule has 0 bridgehead atoms. The minimum Gasteiger partial charge on any atom is -0.465 e. The van der Waals surface area contributed by atoms with Gasteiger partial charge in [0.25, 0.3) is 0 Å². The Balaban J connectivity index is 1.73. The molecular weight excluding hydrogens is 499 g/mol. The third-order valence-electron chi connectivity index (χ3n) is 5.18. The summed E-state index contributed by atoms with van der Waals surface area (Å²) < 4.78 is 32.0. The van der Waals surface area contributed by atoms with Gasteiger partial charge in [-0.3, -0.25) is 4.79 Å². The molecule has 1 fully saturated rings. The van der Waals surface area contributed by atoms with Crippen molar-refractivity contribution in [1.82, 2.24) is 4.31 Å². The normalized spacial score (nSPS) is 17.1. The SMILES string of the molecule is COC(=O)c1ccc(Cl)c(NC(=O)C2CCCN(S(=O)(=O)Cc3c(Cl)cccc3Cl)C2)c1. The van der Waals surface area contributed by atoms with Gasteiger partial charge in [-0.05, 0) is 43.2 Å². The van der Waals surface area contributed by atoms with Crippen LogP contribution in [0.3, 0.4) is 0 Å². The number of carbonyl (C=O) groups excluding carboxylic acids is 2. The number of nitrogens with zero attached hydrogens (tertiary/aromatic N) is 1. The van der Waals surface area contributed by atoms with Crippen LogP contribution < -0.4 is 5.32 Å². The highest BCUT2D eigenvalue weighted by molar-refractivity contribution is 7.88. The van der Waals surface area contributed by atoms with E-state index in [2.05, 4.69) is 10.1 Å². The van der Waals surface area contributed by atoms with Gasteiger partial charge in [0, 0.05) is 28.7 Å². The third kappa shape index (κ3) is 5.74. The summed E-state index contributed by atoms with van der Waals surface area (Å²) in [6.45, 7) is 0.317. The largest absolute Gasteiger partial charge is 0.465 e. The Morgan fingerprint density at radius 3 is 2.47 bits per heavy atom. The molecule has 32 heavy (non-hydrogen) atoms. The van der Waals surface area contributed by atoms with Crippen molar-refractivity contribution in [3.8, 4) is 0 Å². The number of piperidine rings is 1. The summed E-state index contributed by atoms with van der Waals surface area (Å²) in [5, 5.41) is 3.49. The molecule has 2 aromatic carbocycles. The van der Waals surface area contributed by atoms with E-state index in [1.807, 2.05) is 0 Å². The first-order valence-electron chi connectivity index (χ1n) is 9.72. The summed E-state index contributed by atoms with van der Waals surface area (Å²) in [5.74, 6) is -1.89. The maximum Gasteiger partial charge on any atom is 0.337 e. The predicted molar refractivity (Wildman–Crippen MR) is 125 cm³/mol. The van der Waals surface area contributed by atoms with E-state index in [0.29, 0.717) is 24.9 Å². The first kappa shape index (κ1) is 24.8. The molecule has 7 nitrogen and oxygen atoms in total. The van der Waals surface area contributed by atoms with Gasteiger partial charge in [-0.15, -0.1) is 0 Å². The lowest BCUT2D eigenvalue weighted by Crippen LogP contribution is -2.44. The average molecular weight is 520 g/mol. The number of nitrogens with one attached hydrogen (secondary N) is 1. The first-order chi connectivity index (χ1) is 15.1. The number of rotatable bonds is 6. The highest BCUT2D eigenvalue weighted by Crippen LogP contribution is 2.30. The number of carbonyl (C=O) groups is 2. The van der Waals surface area contributed by atoms with Gasteiger partial charge >= 0.3 is 5.97 Å². The number of halogens is 3. The summed E-state index contributed by atoms with van der Waals surface area (Å²) in [4.78, 5) is 24.6. The Morgan fingerprint density at radius 1 is 1.12 bits per heavy atom. The summed E-state index contributed by atoms with van der Waals surface area (Å²) >= 11 is 18.4. The second-order valence-electron chi connectivity index (χ2n) is 7.33. The quantitative estimate of drug-likeness (QED) is 0.563. The molecule has 1 unspecified atom stereocenters. The summed E-state index contributed by atoms with van der Waals surface area (Å²) in [6.07, 6.45) is 1.03. The second-order valence-corrected chi connectivity index (χ2v) is 10.5. The van der Waals surface area contributed by atoms with Crippen LogP contribution in [-0.2, 0) is 25.3 Å². The summed E-state index contributed by atoms with van der Waals surface area (Å²) in [7, 11) is -2.50. The summed E-state index contributed by atoms with van der Waals surface area (Å²) in [6, 6.07) is 9.19. The average Bonchev–Trinajstić information content (AvgIpc) is 2.77. The zero-order valence-corrected chi connectivity index (χ0v) is 20.2. The summed E-state index contributed by atoms with van der Waals surface area (Å²) in [5.41, 5.74) is 0.813. The van der Waals surface area contributed by atoms with E-state index in [1.165, 1.54) is 29.6 Å². The maximum atomic E-state index is 13.0. The molecule has 1 aliphatic rings. The molecule has 1 aliphatic heterocycles. The van der Waals surface area contributed by atoms with Crippen molar-refractivity contribution in [1.29, 1.82) is 0 Å². The van der Waals surface area contributed by atoms with Gasteiger partial charge in [0.05, 0.1) is 35.1 Å². The Kier molecular flexibility index (Phi) is 8.06. The van der Waals surface area contributed by atoms with E-state index < -0.39 is 21.9 Å². The van der Waals surface area contributed by atoms with Crippen LogP contribution in [0.4, 0.5) is 5.69 Å². The Bertz CT molecular complexity index is 1120. The number of esters is 1. The van der Waals surface area contributed by atoms with Crippen LogP contribution in [0.25, 0.3) is 0 Å². The van der Waals surface area contributed by atoms with Crippen LogP contribution in [0.5, 0.6) is 0 Å². The second kappa shape index (κ2) is 10.4. The van der Waals surface area contributed by atoms with Crippen molar-refractivity contribution in [3.05, 3.63) is 62.6 Å². The highest BCUT2D eigenvalue weighted by Gasteiger charge is 2.33. The van der Waals surface area contributed by atoms with Gasteiger partial charge in [0.1, 0.15) is 0 Å². The number of hydrogen-bond donors (Lipinski definition) is 1. The molecule has 0 aromatic heterocycles. The lowest BCUT2D eigenvalue weighted by molar-refractivity contribution is -0.120. The molecule has 0 aliphatic carbocycles. The van der Waals surface area contributed by atoms with Gasteiger partial charge in [-0.25, -0.2) is 17.5 Å². The van der Waals surface area contributed by atoms with Crippen LogP contribution in [0.1, 0.15) is 28.8 Å². The van der Waals surface area contributed by atoms with Crippen LogP contribution in [0, 0.1) is 5.92 Å². The molecule has 1 N–H and O–H groups in total. The molecule has 2 aromatic rings. The van der Waals surface area contributed by atoms with Crippen LogP contribution in [-0.4, -0.2) is 44.8 Å². The number of methoxy groups -OCH3 is 1. The lowest BCUT2D eigenvalue weighted by atomic mass is 9.98. The van der Waals surface area contributed by atoms with Crippen molar-refractivity contribution >= 4 is 62.4 Å². The zero-order chi connectivity index (χ0) is 23.5. The van der Waals surface area contributed by atoms with E-state index >= 15 is 0 Å². The van der Waals surface area contributed by atoms with Gasteiger partial charge in [-0.2, -0.15) is 0 Å². The number of sulfonamides is 1. The Hall–Kier alpha value is -1.84. The third-order valence-corrected chi connectivity index (χ3v) is 7.99. The molecule has 1 atom stereocenters. The van der Waals surface area contributed by atoms with Crippen molar-refractivity contribution in [2.75, 3.05) is 25.5 Å². The van der Waals surface area contributed by atoms with Gasteiger partial charge in [0.15, 0.2) is 0 Å². The zero-order valence-electron chi connectivity index (χ0n) is 17.1. The number of anilines is 1. The number of ether oxygens (including phenoxy) is 1. The lowest BCUT2D eigenvalue weighted by Gasteiger charge is -2.31. The molecule has 1 amide bonds. The highest BCUT2D eigenvalue weighted by atomic mass is 35.5. The number of benzene rings is 2. The molecular formula is C21H21Cl3N2O5S. The van der Waals surface area contributed by atoms with Gasteiger partial charge < -0.3 is 10.1 Å². The molecule has 172 valence electrons. The van der Waals surface area contributed by atoms with E-state index in [4.69, 9.17) is 34.8 Å². The first-order valence-corrected chi connectivity index (χ1v) is 12.5. The minimum atomic E-state index is -3.75. The fraction of sp³-hybridized carbons (Fsp3) is 0.333. The van der Waals surface area contributed by atoms with E-state index in [9.17, 15) is 18.0 Å². The van der Waals surface area contributed by atoms with Crippen molar-refractivity contribution in [2.24, 2.45) is 5.92 Å². The van der Waals surface area contributed by atoms with Crippen LogP contribution >= 0.6 is 34.8 Å². The molecule has 1 saturated heterocycles. The fourth-order valence-corrected chi connectivity index (χ4v) is 5.98. The fourth-order valence-electron chi connectivity index (χ4n) is 3.45. The maximum absolute atomic E-state index is 13.0. The molecule has 11 heteroatoms. The molecule has 0 saturated carbocycles. The van der Waals surface area contributed by atoms with E-state index in [0.717, 1.165) is 0 Å². The molecule has 3 rings (SSSR count). The van der Waals surface area contributed by atoms with E-state index in [-0.39, 0.29) is 44.5 Å². The molecule has 1 heterocycles. The van der Waals surface area contributed by atoms with Gasteiger partial charge in [-0.1, -0.05) is 40.9 Å². The minimum absolute atomic E-state index is 0.0184. The van der Waals surface area contributed by atoms with Crippen LogP contribution in [0.15, 0.2) is 36.4 Å².